The first kappa shape index (κ1) is 24.3. The molecule has 5 rings (SSSR count). The molecule has 2 aromatic carbocycles. The molecule has 1 atom stereocenters. The van der Waals surface area contributed by atoms with Crippen molar-refractivity contribution in [1.29, 1.82) is 0 Å². The van der Waals surface area contributed by atoms with E-state index in [-0.39, 0.29) is 5.41 Å². The third-order valence-electron chi connectivity index (χ3n) is 7.00. The summed E-state index contributed by atoms with van der Waals surface area (Å²) in [5.41, 5.74) is 5.12. The number of hydrogen-bond donors (Lipinski definition) is 1. The fraction of sp³-hybridized carbons (Fsp3) is 0.483. The number of aryl methyl sites for hydroxylation is 1. The van der Waals surface area contributed by atoms with E-state index in [2.05, 4.69) is 106 Å². The fourth-order valence-electron chi connectivity index (χ4n) is 5.35. The number of H-pyrrole nitrogens is 1. The van der Waals surface area contributed by atoms with E-state index >= 15 is 0 Å². The number of hydrogen-bond acceptors (Lipinski definition) is 5. The maximum atomic E-state index is 6.54. The zero-order valence-electron chi connectivity index (χ0n) is 22.0. The summed E-state index contributed by atoms with van der Waals surface area (Å²) >= 11 is 0. The lowest BCUT2D eigenvalue weighted by molar-refractivity contribution is 0.227. The SMILES string of the molecule is CCCc1c(OCC2CCCN(c3ccc(-c4nn[nH]n4)cc3)C2)ccc2c1ccn2CC(C)(C)C. The molecule has 7 heteroatoms. The van der Waals surface area contributed by atoms with Crippen molar-refractivity contribution in [2.75, 3.05) is 24.6 Å². The van der Waals surface area contributed by atoms with Gasteiger partial charge in [0.25, 0.3) is 0 Å². The zero-order valence-corrected chi connectivity index (χ0v) is 22.0. The van der Waals surface area contributed by atoms with Gasteiger partial charge >= 0.3 is 0 Å². The Bertz CT molecular complexity index is 1270. The summed E-state index contributed by atoms with van der Waals surface area (Å²) < 4.78 is 8.93. The molecule has 1 N–H and O–H groups in total. The molecule has 1 fully saturated rings. The molecular weight excluding hydrogens is 448 g/mol. The fourth-order valence-corrected chi connectivity index (χ4v) is 5.35. The van der Waals surface area contributed by atoms with Crippen molar-refractivity contribution in [2.45, 2.75) is 59.9 Å². The quantitative estimate of drug-likeness (QED) is 0.325. The zero-order chi connectivity index (χ0) is 25.1. The molecule has 2 aromatic heterocycles. The van der Waals surface area contributed by atoms with Crippen LogP contribution in [0.5, 0.6) is 5.75 Å². The maximum absolute atomic E-state index is 6.54. The summed E-state index contributed by atoms with van der Waals surface area (Å²) in [6.07, 6.45) is 6.76. The van der Waals surface area contributed by atoms with Crippen molar-refractivity contribution in [3.05, 3.63) is 54.2 Å². The first-order valence-corrected chi connectivity index (χ1v) is 13.2. The molecule has 0 bridgehead atoms. The van der Waals surface area contributed by atoms with E-state index in [9.17, 15) is 0 Å². The van der Waals surface area contributed by atoms with Crippen LogP contribution in [-0.2, 0) is 13.0 Å². The second-order valence-corrected chi connectivity index (χ2v) is 11.3. The van der Waals surface area contributed by atoms with Crippen molar-refractivity contribution < 1.29 is 4.74 Å². The number of fused-ring (bicyclic) bond motifs is 1. The van der Waals surface area contributed by atoms with E-state index in [1.807, 2.05) is 0 Å². The van der Waals surface area contributed by atoms with E-state index in [1.165, 1.54) is 35.0 Å². The molecule has 4 aromatic rings. The number of nitrogens with zero attached hydrogens (tertiary/aromatic N) is 5. The van der Waals surface area contributed by atoms with Crippen LogP contribution in [0, 0.1) is 11.3 Å². The van der Waals surface area contributed by atoms with Gasteiger partial charge in [0.15, 0.2) is 0 Å². The van der Waals surface area contributed by atoms with Crippen LogP contribution in [0.1, 0.15) is 52.5 Å². The van der Waals surface area contributed by atoms with Crippen molar-refractivity contribution in [1.82, 2.24) is 25.2 Å². The monoisotopic (exact) mass is 486 g/mol. The summed E-state index contributed by atoms with van der Waals surface area (Å²) in [5, 5.41) is 15.6. The van der Waals surface area contributed by atoms with Gasteiger partial charge in [0.2, 0.25) is 5.82 Å². The number of tetrazole rings is 1. The highest BCUT2D eigenvalue weighted by Gasteiger charge is 2.22. The lowest BCUT2D eigenvalue weighted by Gasteiger charge is -2.34. The Labute approximate surface area is 213 Å². The van der Waals surface area contributed by atoms with Crippen LogP contribution in [-0.4, -0.2) is 44.9 Å². The molecule has 1 unspecified atom stereocenters. The van der Waals surface area contributed by atoms with Crippen LogP contribution in [0.15, 0.2) is 48.7 Å². The molecule has 3 heterocycles. The van der Waals surface area contributed by atoms with Gasteiger partial charge in [-0.25, -0.2) is 0 Å². The van der Waals surface area contributed by atoms with Crippen molar-refractivity contribution in [2.24, 2.45) is 11.3 Å². The second kappa shape index (κ2) is 10.3. The molecule has 0 amide bonds. The molecule has 7 nitrogen and oxygen atoms in total. The van der Waals surface area contributed by atoms with Crippen LogP contribution < -0.4 is 9.64 Å². The standard InChI is InChI=1S/C29H38N6O/c1-5-7-25-24-15-17-35(20-29(2,3)4)26(24)13-14-27(25)36-19-21-8-6-16-34(18-21)23-11-9-22(10-12-23)28-30-32-33-31-28/h9-15,17,21H,5-8,16,18-20H2,1-4H3,(H,30,31,32,33). The number of nitrogens with one attached hydrogen (secondary N) is 1. The van der Waals surface area contributed by atoms with Crippen LogP contribution in [0.4, 0.5) is 5.69 Å². The first-order chi connectivity index (χ1) is 17.4. The first-order valence-electron chi connectivity index (χ1n) is 13.2. The van der Waals surface area contributed by atoms with E-state index in [1.54, 1.807) is 0 Å². The number of piperidine rings is 1. The predicted octanol–water partition coefficient (Wildman–Crippen LogP) is 6.12. The van der Waals surface area contributed by atoms with Gasteiger partial charge in [-0.05, 0) is 72.4 Å². The summed E-state index contributed by atoms with van der Waals surface area (Å²) in [4.78, 5) is 2.47. The number of aromatic nitrogens is 5. The van der Waals surface area contributed by atoms with Gasteiger partial charge in [-0.3, -0.25) is 0 Å². The van der Waals surface area contributed by atoms with Crippen LogP contribution in [0.2, 0.25) is 0 Å². The summed E-state index contributed by atoms with van der Waals surface area (Å²) in [7, 11) is 0. The summed E-state index contributed by atoms with van der Waals surface area (Å²) in [6.45, 7) is 13.0. The molecule has 1 aliphatic heterocycles. The third-order valence-corrected chi connectivity index (χ3v) is 7.00. The van der Waals surface area contributed by atoms with Crippen molar-refractivity contribution >= 4 is 16.6 Å². The predicted molar refractivity (Wildman–Crippen MR) is 145 cm³/mol. The number of aromatic amines is 1. The third kappa shape index (κ3) is 5.40. The molecule has 0 spiro atoms. The number of ether oxygens (including phenoxy) is 1. The maximum Gasteiger partial charge on any atom is 0.204 e. The van der Waals surface area contributed by atoms with Gasteiger partial charge in [-0.15, -0.1) is 10.2 Å². The number of benzene rings is 2. The molecule has 0 radical (unpaired) electrons. The van der Waals surface area contributed by atoms with E-state index in [4.69, 9.17) is 4.74 Å². The Morgan fingerprint density at radius 1 is 1.08 bits per heavy atom. The highest BCUT2D eigenvalue weighted by Crippen LogP contribution is 2.33. The highest BCUT2D eigenvalue weighted by atomic mass is 16.5. The minimum atomic E-state index is 0.242. The lowest BCUT2D eigenvalue weighted by Crippen LogP contribution is -2.37. The molecule has 0 saturated carbocycles. The van der Waals surface area contributed by atoms with E-state index < -0.39 is 0 Å². The molecule has 0 aliphatic carbocycles. The Kier molecular flexibility index (Phi) is 6.99. The minimum Gasteiger partial charge on any atom is -0.493 e. The number of rotatable bonds is 8. The van der Waals surface area contributed by atoms with Gasteiger partial charge in [-0.2, -0.15) is 5.21 Å². The van der Waals surface area contributed by atoms with Crippen molar-refractivity contribution in [3.8, 4) is 17.1 Å². The topological polar surface area (TPSA) is 71.9 Å². The molecule has 1 aliphatic rings. The average molecular weight is 487 g/mol. The van der Waals surface area contributed by atoms with Crippen LogP contribution in [0.25, 0.3) is 22.3 Å². The van der Waals surface area contributed by atoms with Gasteiger partial charge in [0, 0.05) is 59.5 Å². The summed E-state index contributed by atoms with van der Waals surface area (Å²) in [6, 6.07) is 15.2. The molecular formula is C29H38N6O. The molecule has 36 heavy (non-hydrogen) atoms. The van der Waals surface area contributed by atoms with Gasteiger partial charge in [0.05, 0.1) is 6.61 Å². The van der Waals surface area contributed by atoms with E-state index in [0.29, 0.717) is 11.7 Å². The van der Waals surface area contributed by atoms with Gasteiger partial charge < -0.3 is 14.2 Å². The molecule has 1 saturated heterocycles. The number of anilines is 1. The second-order valence-electron chi connectivity index (χ2n) is 11.3. The minimum absolute atomic E-state index is 0.242. The molecule has 190 valence electrons. The van der Waals surface area contributed by atoms with Crippen LogP contribution in [0.3, 0.4) is 0 Å². The van der Waals surface area contributed by atoms with Gasteiger partial charge in [0.1, 0.15) is 5.75 Å². The smallest absolute Gasteiger partial charge is 0.204 e. The van der Waals surface area contributed by atoms with Crippen molar-refractivity contribution in [3.63, 3.8) is 0 Å². The highest BCUT2D eigenvalue weighted by molar-refractivity contribution is 5.86. The largest absolute Gasteiger partial charge is 0.493 e. The Morgan fingerprint density at radius 3 is 2.64 bits per heavy atom. The normalized spacial score (nSPS) is 16.6. The Balaban J connectivity index is 1.27. The van der Waals surface area contributed by atoms with Gasteiger partial charge in [-0.1, -0.05) is 34.1 Å². The lowest BCUT2D eigenvalue weighted by atomic mass is 9.96. The van der Waals surface area contributed by atoms with Crippen LogP contribution >= 0.6 is 0 Å². The van der Waals surface area contributed by atoms with E-state index in [0.717, 1.165) is 50.4 Å². The average Bonchev–Trinajstić information content (AvgIpc) is 3.54. The Hall–Kier alpha value is -3.35. The Morgan fingerprint density at radius 2 is 1.92 bits per heavy atom. The summed E-state index contributed by atoms with van der Waals surface area (Å²) in [5.74, 6) is 2.19.